The summed E-state index contributed by atoms with van der Waals surface area (Å²) in [5.41, 5.74) is 2.17. The van der Waals surface area contributed by atoms with Gasteiger partial charge in [0.2, 0.25) is 0 Å². The number of hydrogen-bond acceptors (Lipinski definition) is 6. The summed E-state index contributed by atoms with van der Waals surface area (Å²) in [5.74, 6) is 1.67. The molecule has 0 amide bonds. The quantitative estimate of drug-likeness (QED) is 0.569. The highest BCUT2D eigenvalue weighted by Gasteiger charge is 2.08. The molecule has 0 radical (unpaired) electrons. The summed E-state index contributed by atoms with van der Waals surface area (Å²) in [6.07, 6.45) is 0. The van der Waals surface area contributed by atoms with Gasteiger partial charge in [-0.1, -0.05) is 18.2 Å². The summed E-state index contributed by atoms with van der Waals surface area (Å²) in [7, 11) is 5.42. The van der Waals surface area contributed by atoms with Gasteiger partial charge in [0.25, 0.3) is 0 Å². The van der Waals surface area contributed by atoms with Crippen LogP contribution in [0.2, 0.25) is 0 Å². The highest BCUT2D eigenvalue weighted by molar-refractivity contribution is 5.51. The summed E-state index contributed by atoms with van der Waals surface area (Å²) in [4.78, 5) is 4.31. The Morgan fingerprint density at radius 3 is 2.32 bits per heavy atom. The molecule has 0 heterocycles. The van der Waals surface area contributed by atoms with E-state index < -0.39 is 0 Å². The van der Waals surface area contributed by atoms with Crippen molar-refractivity contribution in [2.24, 2.45) is 0 Å². The lowest BCUT2D eigenvalue weighted by Gasteiger charge is -2.24. The Labute approximate surface area is 168 Å². The molecule has 6 nitrogen and oxygen atoms in total. The number of hydrogen-bond donors (Lipinski definition) is 1. The zero-order chi connectivity index (χ0) is 20.2. The molecule has 0 aliphatic carbocycles. The minimum absolute atomic E-state index is 0.0923. The predicted molar refractivity (Wildman–Crippen MR) is 112 cm³/mol. The largest absolute Gasteiger partial charge is 0.497 e. The van der Waals surface area contributed by atoms with Crippen LogP contribution in [0.5, 0.6) is 11.5 Å². The number of anilines is 1. The van der Waals surface area contributed by atoms with Crippen molar-refractivity contribution in [2.75, 3.05) is 65.6 Å². The van der Waals surface area contributed by atoms with Crippen molar-refractivity contribution < 1.29 is 19.3 Å². The van der Waals surface area contributed by atoms with Gasteiger partial charge in [0.1, 0.15) is 18.1 Å². The van der Waals surface area contributed by atoms with E-state index in [-0.39, 0.29) is 6.61 Å². The van der Waals surface area contributed by atoms with Gasteiger partial charge in [0, 0.05) is 45.0 Å². The average Bonchev–Trinajstić information content (AvgIpc) is 2.73. The van der Waals surface area contributed by atoms with Crippen molar-refractivity contribution in [3.63, 3.8) is 0 Å². The van der Waals surface area contributed by atoms with E-state index in [4.69, 9.17) is 14.2 Å². The number of rotatable bonds is 13. The van der Waals surface area contributed by atoms with Crippen LogP contribution in [0.1, 0.15) is 5.56 Å². The first-order valence-electron chi connectivity index (χ1n) is 9.55. The molecule has 2 aromatic carbocycles. The van der Waals surface area contributed by atoms with Gasteiger partial charge in [-0.3, -0.25) is 0 Å². The van der Waals surface area contributed by atoms with E-state index in [9.17, 15) is 5.11 Å². The maximum Gasteiger partial charge on any atom is 0.120 e. The molecule has 2 aromatic rings. The molecule has 0 unspecified atom stereocenters. The van der Waals surface area contributed by atoms with Crippen LogP contribution in [0.4, 0.5) is 5.69 Å². The zero-order valence-electron chi connectivity index (χ0n) is 17.1. The molecule has 154 valence electrons. The van der Waals surface area contributed by atoms with Crippen LogP contribution in [-0.4, -0.2) is 70.7 Å². The van der Waals surface area contributed by atoms with E-state index in [0.29, 0.717) is 19.7 Å². The van der Waals surface area contributed by atoms with E-state index in [1.807, 2.05) is 36.4 Å². The van der Waals surface area contributed by atoms with Crippen molar-refractivity contribution in [1.82, 2.24) is 4.90 Å². The Balaban J connectivity index is 1.90. The predicted octanol–water partition coefficient (Wildman–Crippen LogP) is 2.65. The first-order valence-corrected chi connectivity index (χ1v) is 9.55. The molecule has 1 N–H and O–H groups in total. The van der Waals surface area contributed by atoms with E-state index in [2.05, 4.69) is 29.0 Å². The van der Waals surface area contributed by atoms with Gasteiger partial charge >= 0.3 is 0 Å². The van der Waals surface area contributed by atoms with Crippen LogP contribution in [0.15, 0.2) is 48.5 Å². The summed E-state index contributed by atoms with van der Waals surface area (Å²) >= 11 is 0. The maximum absolute atomic E-state index is 9.44. The van der Waals surface area contributed by atoms with E-state index >= 15 is 0 Å². The van der Waals surface area contributed by atoms with Crippen LogP contribution in [0.25, 0.3) is 0 Å². The van der Waals surface area contributed by atoms with Crippen molar-refractivity contribution in [1.29, 1.82) is 0 Å². The zero-order valence-corrected chi connectivity index (χ0v) is 17.1. The van der Waals surface area contributed by atoms with Gasteiger partial charge in [-0.15, -0.1) is 0 Å². The van der Waals surface area contributed by atoms with E-state index in [1.165, 1.54) is 0 Å². The van der Waals surface area contributed by atoms with Crippen molar-refractivity contribution in [3.8, 4) is 11.5 Å². The normalized spacial score (nSPS) is 10.9. The van der Waals surface area contributed by atoms with Gasteiger partial charge < -0.3 is 29.1 Å². The average molecular weight is 389 g/mol. The molecular weight excluding hydrogens is 356 g/mol. The molecule has 0 aliphatic rings. The minimum Gasteiger partial charge on any atom is -0.497 e. The third kappa shape index (κ3) is 7.38. The molecule has 0 saturated heterocycles. The van der Waals surface area contributed by atoms with Gasteiger partial charge in [0.15, 0.2) is 0 Å². The molecule has 6 heteroatoms. The molecule has 0 aromatic heterocycles. The highest BCUT2D eigenvalue weighted by atomic mass is 16.5. The van der Waals surface area contributed by atoms with Gasteiger partial charge in [-0.2, -0.15) is 0 Å². The molecule has 28 heavy (non-hydrogen) atoms. The van der Waals surface area contributed by atoms with Gasteiger partial charge in [-0.25, -0.2) is 0 Å². The number of benzene rings is 2. The Bertz CT molecular complexity index is 678. The maximum atomic E-state index is 9.44. The minimum atomic E-state index is 0.0923. The number of methoxy groups -OCH3 is 2. The number of ether oxygens (including phenoxy) is 3. The Kier molecular flexibility index (Phi) is 9.62. The lowest BCUT2D eigenvalue weighted by molar-refractivity contribution is 0.150. The van der Waals surface area contributed by atoms with E-state index in [0.717, 1.165) is 42.4 Å². The Morgan fingerprint density at radius 1 is 0.893 bits per heavy atom. The van der Waals surface area contributed by atoms with Crippen molar-refractivity contribution in [2.45, 2.75) is 6.54 Å². The third-order valence-corrected chi connectivity index (χ3v) is 4.50. The smallest absolute Gasteiger partial charge is 0.120 e. The molecule has 0 saturated carbocycles. The van der Waals surface area contributed by atoms with Gasteiger partial charge in [0.05, 0.1) is 20.3 Å². The Hall–Kier alpha value is -2.28. The van der Waals surface area contributed by atoms with Crippen molar-refractivity contribution >= 4 is 5.69 Å². The monoisotopic (exact) mass is 388 g/mol. The van der Waals surface area contributed by atoms with E-state index in [1.54, 1.807) is 14.2 Å². The molecule has 0 spiro atoms. The molecule has 0 fully saturated rings. The fourth-order valence-electron chi connectivity index (χ4n) is 2.82. The second-order valence-corrected chi connectivity index (χ2v) is 6.64. The number of aliphatic hydroxyl groups excluding tert-OH is 1. The van der Waals surface area contributed by atoms with Crippen LogP contribution in [0.3, 0.4) is 0 Å². The summed E-state index contributed by atoms with van der Waals surface area (Å²) in [6.45, 7) is 4.46. The van der Waals surface area contributed by atoms with Crippen LogP contribution >= 0.6 is 0 Å². The summed E-state index contributed by atoms with van der Waals surface area (Å²) in [6, 6.07) is 16.0. The van der Waals surface area contributed by atoms with Gasteiger partial charge in [-0.05, 0) is 36.9 Å². The van der Waals surface area contributed by atoms with Crippen LogP contribution < -0.4 is 14.4 Å². The second-order valence-electron chi connectivity index (χ2n) is 6.64. The molecule has 0 aliphatic heterocycles. The second kappa shape index (κ2) is 12.2. The topological polar surface area (TPSA) is 54.4 Å². The van der Waals surface area contributed by atoms with Crippen LogP contribution in [-0.2, 0) is 11.3 Å². The molecule has 2 rings (SSSR count). The highest BCUT2D eigenvalue weighted by Crippen LogP contribution is 2.23. The SMILES string of the molecule is COCCN(C)CCOc1ccc(CN(CCO)c2cccc(OC)c2)cc1. The first kappa shape index (κ1) is 22.0. The standard InChI is InChI=1S/C22H32N2O4/c1-23(12-15-26-2)13-16-28-21-9-7-19(8-10-21)18-24(11-14-25)20-5-4-6-22(17-20)27-3/h4-10,17,25H,11-16,18H2,1-3H3. The molecule has 0 atom stereocenters. The van der Waals surface area contributed by atoms with Crippen molar-refractivity contribution in [3.05, 3.63) is 54.1 Å². The number of aliphatic hydroxyl groups is 1. The Morgan fingerprint density at radius 2 is 1.64 bits per heavy atom. The molecular formula is C22H32N2O4. The van der Waals surface area contributed by atoms with Crippen LogP contribution in [0, 0.1) is 0 Å². The third-order valence-electron chi connectivity index (χ3n) is 4.50. The molecule has 0 bridgehead atoms. The fraction of sp³-hybridized carbons (Fsp3) is 0.455. The summed E-state index contributed by atoms with van der Waals surface area (Å²) in [5, 5.41) is 9.44. The lowest BCUT2D eigenvalue weighted by atomic mass is 10.2. The number of likely N-dealkylation sites (N-methyl/N-ethyl adjacent to an activating group) is 1. The first-order chi connectivity index (χ1) is 13.7. The lowest BCUT2D eigenvalue weighted by Crippen LogP contribution is -2.27. The fourth-order valence-corrected chi connectivity index (χ4v) is 2.82. The summed E-state index contributed by atoms with van der Waals surface area (Å²) < 4.78 is 16.2. The number of nitrogens with zero attached hydrogens (tertiary/aromatic N) is 2.